The van der Waals surface area contributed by atoms with Crippen LogP contribution in [0.15, 0.2) is 60.7 Å². The summed E-state index contributed by atoms with van der Waals surface area (Å²) in [6.45, 7) is 2.87. The zero-order valence-electron chi connectivity index (χ0n) is 20.1. The van der Waals surface area contributed by atoms with E-state index in [1.807, 2.05) is 13.0 Å². The third kappa shape index (κ3) is 5.09. The quantitative estimate of drug-likeness (QED) is 0.218. The molecule has 0 spiro atoms. The highest BCUT2D eigenvalue weighted by Crippen LogP contribution is 2.31. The Balaban J connectivity index is 1.36. The van der Waals surface area contributed by atoms with Crippen molar-refractivity contribution in [2.75, 3.05) is 11.5 Å². The number of nitro groups is 1. The van der Waals surface area contributed by atoms with Crippen molar-refractivity contribution in [3.63, 3.8) is 0 Å². The summed E-state index contributed by atoms with van der Waals surface area (Å²) < 4.78 is 4.95. The molecule has 38 heavy (non-hydrogen) atoms. The maximum Gasteiger partial charge on any atom is 0.338 e. The monoisotopic (exact) mass is 516 g/mol. The molecule has 0 unspecified atom stereocenters. The molecule has 4 amide bonds. The molecular formula is C26H20N4O8. The van der Waals surface area contributed by atoms with Gasteiger partial charge in [-0.3, -0.25) is 40.1 Å². The molecule has 1 aliphatic rings. The Kier molecular flexibility index (Phi) is 6.97. The lowest BCUT2D eigenvalue weighted by molar-refractivity contribution is -0.384. The first kappa shape index (κ1) is 25.7. The van der Waals surface area contributed by atoms with E-state index in [4.69, 9.17) is 4.74 Å². The van der Waals surface area contributed by atoms with Crippen molar-refractivity contribution in [3.05, 3.63) is 104 Å². The number of imide groups is 1. The number of anilines is 1. The lowest BCUT2D eigenvalue weighted by Gasteiger charge is -2.17. The lowest BCUT2D eigenvalue weighted by atomic mass is 10.1. The molecule has 0 aromatic heterocycles. The highest BCUT2D eigenvalue weighted by atomic mass is 16.6. The van der Waals surface area contributed by atoms with E-state index in [-0.39, 0.29) is 27.9 Å². The highest BCUT2D eigenvalue weighted by molar-refractivity contribution is 6.35. The molecule has 12 nitrogen and oxygen atoms in total. The number of non-ortho nitro benzene ring substituents is 1. The summed E-state index contributed by atoms with van der Waals surface area (Å²) in [5.74, 6) is -3.62. The lowest BCUT2D eigenvalue weighted by Crippen LogP contribution is -2.43. The van der Waals surface area contributed by atoms with Crippen molar-refractivity contribution >= 4 is 41.0 Å². The van der Waals surface area contributed by atoms with E-state index in [1.165, 1.54) is 30.3 Å². The second kappa shape index (κ2) is 10.3. The van der Waals surface area contributed by atoms with Crippen LogP contribution in [0.3, 0.4) is 0 Å². The first-order valence-corrected chi connectivity index (χ1v) is 11.2. The van der Waals surface area contributed by atoms with E-state index < -0.39 is 41.1 Å². The Morgan fingerprint density at radius 2 is 1.53 bits per heavy atom. The summed E-state index contributed by atoms with van der Waals surface area (Å²) in [4.78, 5) is 73.6. The van der Waals surface area contributed by atoms with Crippen LogP contribution in [0.4, 0.5) is 11.4 Å². The number of ether oxygens (including phenoxy) is 1. The number of aryl methyl sites for hydroxylation is 2. The average molecular weight is 516 g/mol. The van der Waals surface area contributed by atoms with Gasteiger partial charge in [0.2, 0.25) is 0 Å². The minimum absolute atomic E-state index is 0.0326. The molecule has 0 saturated carbocycles. The largest absolute Gasteiger partial charge is 0.452 e. The first-order valence-electron chi connectivity index (χ1n) is 11.2. The van der Waals surface area contributed by atoms with Gasteiger partial charge in [0.25, 0.3) is 29.3 Å². The number of hydrogen-bond donors (Lipinski definition) is 2. The SMILES string of the molecule is Cc1ccc(C)c(N2C(=O)c3ccc(C(=O)OCC(=O)NNC(=O)c4ccc([N+](=O)[O-])cc4)cc3C2=O)c1. The van der Waals surface area contributed by atoms with Gasteiger partial charge in [-0.15, -0.1) is 0 Å². The van der Waals surface area contributed by atoms with Crippen LogP contribution >= 0.6 is 0 Å². The zero-order chi connectivity index (χ0) is 27.6. The number of nitrogens with one attached hydrogen (secondary N) is 2. The molecule has 192 valence electrons. The Hall–Kier alpha value is -5.39. The number of hydrogen-bond acceptors (Lipinski definition) is 8. The van der Waals surface area contributed by atoms with Crippen molar-refractivity contribution < 1.29 is 33.6 Å². The van der Waals surface area contributed by atoms with Gasteiger partial charge in [-0.25, -0.2) is 9.69 Å². The van der Waals surface area contributed by atoms with Crippen LogP contribution in [-0.2, 0) is 9.53 Å². The molecule has 3 aromatic carbocycles. The summed E-state index contributed by atoms with van der Waals surface area (Å²) in [7, 11) is 0. The third-order valence-electron chi connectivity index (χ3n) is 5.72. The molecular weight excluding hydrogens is 496 g/mol. The molecule has 0 saturated heterocycles. The molecule has 0 bridgehead atoms. The predicted molar refractivity (Wildman–Crippen MR) is 132 cm³/mol. The minimum Gasteiger partial charge on any atom is -0.452 e. The smallest absolute Gasteiger partial charge is 0.338 e. The predicted octanol–water partition coefficient (Wildman–Crippen LogP) is 2.63. The van der Waals surface area contributed by atoms with Crippen molar-refractivity contribution in [2.45, 2.75) is 13.8 Å². The second-order valence-corrected chi connectivity index (χ2v) is 8.38. The van der Waals surface area contributed by atoms with Crippen molar-refractivity contribution in [1.29, 1.82) is 0 Å². The van der Waals surface area contributed by atoms with Gasteiger partial charge in [0.1, 0.15) is 0 Å². The fourth-order valence-corrected chi connectivity index (χ4v) is 3.73. The zero-order valence-corrected chi connectivity index (χ0v) is 20.1. The van der Waals surface area contributed by atoms with E-state index >= 15 is 0 Å². The molecule has 0 radical (unpaired) electrons. The molecule has 4 rings (SSSR count). The van der Waals surface area contributed by atoms with Crippen LogP contribution in [0.25, 0.3) is 0 Å². The van der Waals surface area contributed by atoms with Crippen molar-refractivity contribution in [3.8, 4) is 0 Å². The molecule has 12 heteroatoms. The second-order valence-electron chi connectivity index (χ2n) is 8.38. The number of esters is 1. The van der Waals surface area contributed by atoms with Gasteiger partial charge < -0.3 is 4.74 Å². The normalized spacial score (nSPS) is 12.1. The Bertz CT molecular complexity index is 1510. The van der Waals surface area contributed by atoms with Gasteiger partial charge in [0.05, 0.1) is 27.3 Å². The fraction of sp³-hybridized carbons (Fsp3) is 0.115. The van der Waals surface area contributed by atoms with Crippen LogP contribution in [-0.4, -0.2) is 41.1 Å². The van der Waals surface area contributed by atoms with Gasteiger partial charge in [-0.1, -0.05) is 12.1 Å². The number of rotatable bonds is 6. The maximum absolute atomic E-state index is 13.0. The van der Waals surface area contributed by atoms with Crippen LogP contribution in [0.5, 0.6) is 0 Å². The number of hydrazine groups is 1. The number of amides is 4. The van der Waals surface area contributed by atoms with Crippen LogP contribution in [0.1, 0.15) is 52.6 Å². The molecule has 3 aromatic rings. The van der Waals surface area contributed by atoms with Crippen LogP contribution in [0.2, 0.25) is 0 Å². The number of carbonyl (C=O) groups is 5. The number of fused-ring (bicyclic) bond motifs is 1. The Morgan fingerprint density at radius 3 is 2.21 bits per heavy atom. The van der Waals surface area contributed by atoms with Crippen LogP contribution < -0.4 is 15.8 Å². The fourth-order valence-electron chi connectivity index (χ4n) is 3.73. The number of carbonyl (C=O) groups excluding carboxylic acids is 5. The maximum atomic E-state index is 13.0. The van der Waals surface area contributed by atoms with E-state index in [0.717, 1.165) is 28.2 Å². The average Bonchev–Trinajstić information content (AvgIpc) is 3.16. The third-order valence-corrected chi connectivity index (χ3v) is 5.72. The standard InChI is InChI=1S/C26H20N4O8/c1-14-3-4-15(2)21(11-14)29-24(33)19-10-7-17(12-20(19)25(29)34)26(35)38-13-22(31)27-28-23(32)16-5-8-18(9-6-16)30(36)37/h3-12H,13H2,1-2H3,(H,27,31)(H,28,32). The molecule has 0 fully saturated rings. The molecule has 2 N–H and O–H groups in total. The summed E-state index contributed by atoms with van der Waals surface area (Å²) in [6.07, 6.45) is 0. The highest BCUT2D eigenvalue weighted by Gasteiger charge is 2.38. The van der Waals surface area contributed by atoms with E-state index in [9.17, 15) is 34.1 Å². The van der Waals surface area contributed by atoms with Gasteiger partial charge in [-0.05, 0) is 61.4 Å². The summed E-state index contributed by atoms with van der Waals surface area (Å²) in [5, 5.41) is 10.7. The Morgan fingerprint density at radius 1 is 0.868 bits per heavy atom. The van der Waals surface area contributed by atoms with Gasteiger partial charge in [-0.2, -0.15) is 0 Å². The van der Waals surface area contributed by atoms with Crippen molar-refractivity contribution in [2.24, 2.45) is 0 Å². The van der Waals surface area contributed by atoms with E-state index in [1.54, 1.807) is 19.1 Å². The van der Waals surface area contributed by atoms with Crippen LogP contribution in [0, 0.1) is 24.0 Å². The van der Waals surface area contributed by atoms with Gasteiger partial charge >= 0.3 is 5.97 Å². The summed E-state index contributed by atoms with van der Waals surface area (Å²) in [5.41, 5.74) is 6.19. The number of nitrogens with zero attached hydrogens (tertiary/aromatic N) is 2. The van der Waals surface area contributed by atoms with E-state index in [2.05, 4.69) is 10.9 Å². The van der Waals surface area contributed by atoms with Crippen molar-refractivity contribution in [1.82, 2.24) is 10.9 Å². The van der Waals surface area contributed by atoms with Gasteiger partial charge in [0, 0.05) is 17.7 Å². The number of benzene rings is 3. The minimum atomic E-state index is -0.921. The number of nitro benzene ring substituents is 1. The Labute approximate surface area is 215 Å². The molecule has 0 atom stereocenters. The van der Waals surface area contributed by atoms with E-state index in [0.29, 0.717) is 5.69 Å². The summed E-state index contributed by atoms with van der Waals surface area (Å²) >= 11 is 0. The topological polar surface area (TPSA) is 165 Å². The molecule has 1 aliphatic heterocycles. The molecule has 0 aliphatic carbocycles. The molecule has 1 heterocycles. The summed E-state index contributed by atoms with van der Waals surface area (Å²) in [6, 6.07) is 14.0. The van der Waals surface area contributed by atoms with Gasteiger partial charge in [0.15, 0.2) is 6.61 Å². The first-order chi connectivity index (χ1) is 18.1.